The average molecular weight is 281 g/mol. The summed E-state index contributed by atoms with van der Waals surface area (Å²) in [6.45, 7) is 1.93. The van der Waals surface area contributed by atoms with E-state index in [0.717, 1.165) is 28.3 Å². The summed E-state index contributed by atoms with van der Waals surface area (Å²) in [4.78, 5) is 12.6. The summed E-state index contributed by atoms with van der Waals surface area (Å²) in [7, 11) is 0. The number of aromatic carboxylic acids is 1. The smallest absolute Gasteiger partial charge is 0.346 e. The van der Waals surface area contributed by atoms with Crippen molar-refractivity contribution in [2.45, 2.75) is 19.8 Å². The number of carbonyl (C=O) groups is 1. The van der Waals surface area contributed by atoms with Crippen molar-refractivity contribution in [1.29, 1.82) is 0 Å². The summed E-state index contributed by atoms with van der Waals surface area (Å²) < 4.78 is 0. The van der Waals surface area contributed by atoms with Crippen LogP contribution >= 0.6 is 22.9 Å². The zero-order chi connectivity index (χ0) is 13.1. The van der Waals surface area contributed by atoms with Crippen LogP contribution in [0.15, 0.2) is 30.3 Å². The number of hydrogen-bond acceptors (Lipinski definition) is 2. The first-order chi connectivity index (χ1) is 8.56. The second-order valence-corrected chi connectivity index (χ2v) is 5.84. The van der Waals surface area contributed by atoms with E-state index in [2.05, 4.69) is 0 Å². The fraction of sp³-hybridized carbons (Fsp3) is 0.214. The van der Waals surface area contributed by atoms with Gasteiger partial charge in [-0.2, -0.15) is 0 Å². The third-order valence-corrected chi connectivity index (χ3v) is 4.06. The molecule has 0 saturated heterocycles. The number of benzene rings is 1. The Morgan fingerprint density at radius 2 is 1.94 bits per heavy atom. The van der Waals surface area contributed by atoms with E-state index in [4.69, 9.17) is 16.7 Å². The summed E-state index contributed by atoms with van der Waals surface area (Å²) in [5, 5.41) is 9.82. The van der Waals surface area contributed by atoms with E-state index < -0.39 is 5.97 Å². The summed E-state index contributed by atoms with van der Waals surface area (Å²) in [5.41, 5.74) is 2.08. The van der Waals surface area contributed by atoms with Gasteiger partial charge in [-0.1, -0.05) is 23.7 Å². The van der Waals surface area contributed by atoms with E-state index in [1.165, 1.54) is 16.9 Å². The van der Waals surface area contributed by atoms with Gasteiger partial charge in [0.05, 0.1) is 0 Å². The number of aryl methyl sites for hydroxylation is 3. The molecule has 2 nitrogen and oxygen atoms in total. The largest absolute Gasteiger partial charge is 0.477 e. The quantitative estimate of drug-likeness (QED) is 0.912. The summed E-state index contributed by atoms with van der Waals surface area (Å²) in [6, 6.07) is 9.62. The van der Waals surface area contributed by atoms with Crippen molar-refractivity contribution in [1.82, 2.24) is 0 Å². The Kier molecular flexibility index (Phi) is 4.04. The monoisotopic (exact) mass is 280 g/mol. The highest BCUT2D eigenvalue weighted by molar-refractivity contribution is 7.14. The van der Waals surface area contributed by atoms with E-state index in [1.54, 1.807) is 0 Å². The molecule has 0 atom stereocenters. The zero-order valence-electron chi connectivity index (χ0n) is 9.94. The van der Waals surface area contributed by atoms with E-state index >= 15 is 0 Å². The van der Waals surface area contributed by atoms with Crippen LogP contribution in [-0.2, 0) is 12.8 Å². The molecule has 0 aliphatic rings. The predicted molar refractivity (Wildman–Crippen MR) is 74.9 cm³/mol. The molecule has 1 aromatic carbocycles. The molecule has 0 bridgehead atoms. The summed E-state index contributed by atoms with van der Waals surface area (Å²) in [6.07, 6.45) is 1.57. The first kappa shape index (κ1) is 13.1. The lowest BCUT2D eigenvalue weighted by atomic mass is 10.0. The van der Waals surface area contributed by atoms with Gasteiger partial charge in [-0.3, -0.25) is 0 Å². The van der Waals surface area contributed by atoms with Gasteiger partial charge in [0, 0.05) is 9.90 Å². The van der Waals surface area contributed by atoms with Gasteiger partial charge in [-0.15, -0.1) is 11.3 Å². The van der Waals surface area contributed by atoms with Crippen molar-refractivity contribution in [3.05, 3.63) is 56.2 Å². The number of halogens is 1. The van der Waals surface area contributed by atoms with E-state index in [0.29, 0.717) is 4.88 Å². The highest BCUT2D eigenvalue weighted by atomic mass is 35.5. The van der Waals surface area contributed by atoms with Gasteiger partial charge in [0.2, 0.25) is 0 Å². The molecule has 0 aliphatic heterocycles. The van der Waals surface area contributed by atoms with Crippen molar-refractivity contribution < 1.29 is 9.90 Å². The molecule has 0 aliphatic carbocycles. The number of rotatable bonds is 4. The topological polar surface area (TPSA) is 37.3 Å². The Balaban J connectivity index is 2.10. The lowest BCUT2D eigenvalue weighted by molar-refractivity contribution is 0.0701. The Morgan fingerprint density at radius 3 is 2.56 bits per heavy atom. The lowest BCUT2D eigenvalue weighted by Gasteiger charge is -2.01. The van der Waals surface area contributed by atoms with Crippen LogP contribution in [0.4, 0.5) is 0 Å². The first-order valence-electron chi connectivity index (χ1n) is 5.63. The molecule has 94 valence electrons. The SMILES string of the molecule is Cc1cc(CCc2ccc(Cl)cc2)c(C(=O)O)s1. The molecular weight excluding hydrogens is 268 g/mol. The van der Waals surface area contributed by atoms with Crippen LogP contribution in [0.2, 0.25) is 5.02 Å². The van der Waals surface area contributed by atoms with Crippen LogP contribution in [0, 0.1) is 6.92 Å². The van der Waals surface area contributed by atoms with Gasteiger partial charge in [-0.05, 0) is 49.1 Å². The second-order valence-electron chi connectivity index (χ2n) is 4.14. The molecule has 0 radical (unpaired) electrons. The molecule has 1 aromatic heterocycles. The maximum absolute atomic E-state index is 11.1. The minimum Gasteiger partial charge on any atom is -0.477 e. The normalized spacial score (nSPS) is 10.6. The van der Waals surface area contributed by atoms with E-state index in [-0.39, 0.29) is 0 Å². The third kappa shape index (κ3) is 3.12. The Bertz CT molecular complexity index is 558. The van der Waals surface area contributed by atoms with Crippen LogP contribution in [-0.4, -0.2) is 11.1 Å². The highest BCUT2D eigenvalue weighted by Gasteiger charge is 2.13. The fourth-order valence-electron chi connectivity index (χ4n) is 1.86. The molecule has 4 heteroatoms. The minimum atomic E-state index is -0.834. The Labute approximate surface area is 115 Å². The van der Waals surface area contributed by atoms with Gasteiger partial charge < -0.3 is 5.11 Å². The standard InChI is InChI=1S/C14H13ClO2S/c1-9-8-11(13(18-9)14(16)17)5-2-10-3-6-12(15)7-4-10/h3-4,6-8H,2,5H2,1H3,(H,16,17). The number of hydrogen-bond donors (Lipinski definition) is 1. The van der Waals surface area contributed by atoms with Crippen molar-refractivity contribution in [2.24, 2.45) is 0 Å². The fourth-order valence-corrected chi connectivity index (χ4v) is 2.89. The van der Waals surface area contributed by atoms with Crippen LogP contribution in [0.1, 0.15) is 25.7 Å². The molecule has 1 heterocycles. The molecule has 2 aromatic rings. The van der Waals surface area contributed by atoms with Gasteiger partial charge in [0.15, 0.2) is 0 Å². The molecule has 18 heavy (non-hydrogen) atoms. The molecule has 0 amide bonds. The maximum Gasteiger partial charge on any atom is 0.346 e. The van der Waals surface area contributed by atoms with E-state index in [1.807, 2.05) is 37.3 Å². The van der Waals surface area contributed by atoms with E-state index in [9.17, 15) is 4.79 Å². The molecule has 0 fully saturated rings. The van der Waals surface area contributed by atoms with Crippen LogP contribution in [0.3, 0.4) is 0 Å². The van der Waals surface area contributed by atoms with Gasteiger partial charge in [0.1, 0.15) is 4.88 Å². The second kappa shape index (κ2) is 5.55. The molecular formula is C14H13ClO2S. The lowest BCUT2D eigenvalue weighted by Crippen LogP contribution is -1.99. The average Bonchev–Trinajstić information content (AvgIpc) is 2.70. The van der Waals surface area contributed by atoms with Crippen molar-refractivity contribution in [3.8, 4) is 0 Å². The predicted octanol–water partition coefficient (Wildman–Crippen LogP) is 4.19. The van der Waals surface area contributed by atoms with Crippen molar-refractivity contribution >= 4 is 28.9 Å². The molecule has 0 spiro atoms. The van der Waals surface area contributed by atoms with Crippen molar-refractivity contribution in [3.63, 3.8) is 0 Å². The third-order valence-electron chi connectivity index (χ3n) is 2.72. The minimum absolute atomic E-state index is 0.460. The Hall–Kier alpha value is -1.32. The van der Waals surface area contributed by atoms with Gasteiger partial charge in [0.25, 0.3) is 0 Å². The molecule has 1 N–H and O–H groups in total. The first-order valence-corrected chi connectivity index (χ1v) is 6.83. The summed E-state index contributed by atoms with van der Waals surface area (Å²) in [5.74, 6) is -0.834. The molecule has 0 unspecified atom stereocenters. The summed E-state index contributed by atoms with van der Waals surface area (Å²) >= 11 is 7.16. The van der Waals surface area contributed by atoms with Crippen LogP contribution < -0.4 is 0 Å². The van der Waals surface area contributed by atoms with Gasteiger partial charge in [-0.25, -0.2) is 4.79 Å². The number of thiophene rings is 1. The van der Waals surface area contributed by atoms with Crippen molar-refractivity contribution in [2.75, 3.05) is 0 Å². The van der Waals surface area contributed by atoms with Crippen LogP contribution in [0.25, 0.3) is 0 Å². The van der Waals surface area contributed by atoms with Crippen LogP contribution in [0.5, 0.6) is 0 Å². The maximum atomic E-state index is 11.1. The molecule has 2 rings (SSSR count). The number of carboxylic acid groups (broad SMARTS) is 1. The molecule has 0 saturated carbocycles. The number of carboxylic acids is 1. The highest BCUT2D eigenvalue weighted by Crippen LogP contribution is 2.23. The zero-order valence-corrected chi connectivity index (χ0v) is 11.5. The Morgan fingerprint density at radius 1 is 1.28 bits per heavy atom. The van der Waals surface area contributed by atoms with Gasteiger partial charge >= 0.3 is 5.97 Å².